The van der Waals surface area contributed by atoms with Crippen LogP contribution in [0.1, 0.15) is 53.3 Å². The van der Waals surface area contributed by atoms with Gasteiger partial charge in [0.15, 0.2) is 35.4 Å². The number of benzene rings is 2. The molecule has 2 aromatic carbocycles. The van der Waals surface area contributed by atoms with Crippen LogP contribution in [0.25, 0.3) is 0 Å². The van der Waals surface area contributed by atoms with Gasteiger partial charge in [-0.2, -0.15) is 21.9 Å². The van der Waals surface area contributed by atoms with E-state index in [1.54, 1.807) is 19.0 Å². The summed E-state index contributed by atoms with van der Waals surface area (Å²) in [5.41, 5.74) is 0.643. The number of carbonyl (C=O) groups is 1. The number of rotatable bonds is 18. The van der Waals surface area contributed by atoms with Crippen molar-refractivity contribution in [3.8, 4) is 23.0 Å². The molecule has 0 N–H and O–H groups in total. The zero-order chi connectivity index (χ0) is 35.3. The third kappa shape index (κ3) is 10.9. The van der Waals surface area contributed by atoms with Gasteiger partial charge in [-0.3, -0.25) is 0 Å². The van der Waals surface area contributed by atoms with Gasteiger partial charge in [-0.25, -0.2) is 4.79 Å². The van der Waals surface area contributed by atoms with E-state index in [2.05, 4.69) is 4.74 Å². The van der Waals surface area contributed by atoms with Crippen molar-refractivity contribution in [2.75, 3.05) is 39.6 Å². The highest BCUT2D eigenvalue weighted by Gasteiger charge is 2.28. The molecule has 1 heterocycles. The molecule has 0 bridgehead atoms. The summed E-state index contributed by atoms with van der Waals surface area (Å²) in [7, 11) is -0.513. The number of carbonyl (C=O) groups excluding carboxylic acids is 1. The lowest BCUT2D eigenvalue weighted by Gasteiger charge is -2.22. The number of hydrogen-bond acceptors (Lipinski definition) is 10. The molecule has 5 rings (SSSR count). The molecular weight excluding hydrogens is 709 g/mol. The Kier molecular flexibility index (Phi) is 11.9. The Morgan fingerprint density at radius 2 is 1.53 bits per heavy atom. The summed E-state index contributed by atoms with van der Waals surface area (Å²) in [5.74, 6) is -0.694. The molecule has 1 aromatic heterocycles. The van der Waals surface area contributed by atoms with Gasteiger partial charge in [0.05, 0.1) is 24.5 Å². The summed E-state index contributed by atoms with van der Waals surface area (Å²) in [4.78, 5) is 15.4. The molecule has 0 aliphatic heterocycles. The quantitative estimate of drug-likeness (QED) is 0.0642. The molecule has 266 valence electrons. The number of nitrogens with zero attached hydrogens (tertiary/aromatic N) is 2. The molecule has 0 amide bonds. The highest BCUT2D eigenvalue weighted by Crippen LogP contribution is 2.39. The number of esters is 1. The van der Waals surface area contributed by atoms with Gasteiger partial charge in [0.2, 0.25) is 0 Å². The Hall–Kier alpha value is -3.59. The van der Waals surface area contributed by atoms with Crippen molar-refractivity contribution in [1.82, 2.24) is 4.90 Å². The second kappa shape index (κ2) is 16.0. The first-order valence-corrected chi connectivity index (χ1v) is 17.9. The van der Waals surface area contributed by atoms with Gasteiger partial charge in [0.1, 0.15) is 16.1 Å². The van der Waals surface area contributed by atoms with E-state index in [-0.39, 0.29) is 63.9 Å². The SMILES string of the molecule is CN(C)CCS(=O)(=O)Oc1ccc(C(=O)OC(Cc2c(Cl)c[n+]([O-])cc2Cl)c2ccc(OC(F)F)c(OCC3CC3)c2)cc1OCC1CC1. The predicted molar refractivity (Wildman–Crippen MR) is 176 cm³/mol. The van der Waals surface area contributed by atoms with Crippen LogP contribution in [-0.2, 0) is 21.3 Å². The molecule has 2 aliphatic rings. The Morgan fingerprint density at radius 3 is 2.10 bits per heavy atom. The van der Waals surface area contributed by atoms with Crippen LogP contribution in [0.2, 0.25) is 10.0 Å². The van der Waals surface area contributed by atoms with Gasteiger partial charge in [0.25, 0.3) is 0 Å². The molecule has 16 heteroatoms. The van der Waals surface area contributed by atoms with Gasteiger partial charge >= 0.3 is 22.7 Å². The summed E-state index contributed by atoms with van der Waals surface area (Å²) >= 11 is 12.7. The van der Waals surface area contributed by atoms with Crippen molar-refractivity contribution in [1.29, 1.82) is 0 Å². The maximum absolute atomic E-state index is 13.7. The highest BCUT2D eigenvalue weighted by atomic mass is 35.5. The zero-order valence-electron chi connectivity index (χ0n) is 26.8. The van der Waals surface area contributed by atoms with E-state index < -0.39 is 28.8 Å². The minimum Gasteiger partial charge on any atom is -0.619 e. The first-order chi connectivity index (χ1) is 23.3. The maximum Gasteiger partial charge on any atom is 0.387 e. The Morgan fingerprint density at radius 1 is 0.939 bits per heavy atom. The summed E-state index contributed by atoms with van der Waals surface area (Å²) < 4.78 is 79.9. The van der Waals surface area contributed by atoms with Crippen LogP contribution in [0, 0.1) is 17.0 Å². The number of aromatic nitrogens is 1. The Bertz CT molecular complexity index is 1730. The van der Waals surface area contributed by atoms with Crippen LogP contribution >= 0.6 is 23.2 Å². The molecule has 2 fully saturated rings. The fraction of sp³-hybridized carbons (Fsp3) is 0.455. The topological polar surface area (TPSA) is 128 Å². The number of ether oxygens (including phenoxy) is 4. The lowest BCUT2D eigenvalue weighted by atomic mass is 10.0. The minimum absolute atomic E-state index is 0.0131. The molecule has 0 saturated heterocycles. The first-order valence-electron chi connectivity index (χ1n) is 15.6. The summed E-state index contributed by atoms with van der Waals surface area (Å²) in [5, 5.41) is 11.9. The van der Waals surface area contributed by atoms with Crippen molar-refractivity contribution in [3.05, 3.63) is 80.7 Å². The summed E-state index contributed by atoms with van der Waals surface area (Å²) in [6.07, 6.45) is 4.79. The molecule has 11 nitrogen and oxygen atoms in total. The van der Waals surface area contributed by atoms with E-state index in [1.807, 2.05) is 0 Å². The lowest BCUT2D eigenvalue weighted by Crippen LogP contribution is -2.25. The van der Waals surface area contributed by atoms with Gasteiger partial charge in [0, 0.05) is 18.5 Å². The number of halogens is 4. The number of hydrogen-bond donors (Lipinski definition) is 0. The molecule has 49 heavy (non-hydrogen) atoms. The maximum atomic E-state index is 13.7. The number of alkyl halides is 2. The zero-order valence-corrected chi connectivity index (χ0v) is 29.1. The third-order valence-corrected chi connectivity index (χ3v) is 9.55. The molecule has 1 unspecified atom stereocenters. The van der Waals surface area contributed by atoms with Gasteiger partial charge in [-0.1, -0.05) is 29.3 Å². The smallest absolute Gasteiger partial charge is 0.387 e. The predicted octanol–water partition coefficient (Wildman–Crippen LogP) is 6.22. The van der Waals surface area contributed by atoms with Crippen molar-refractivity contribution >= 4 is 39.3 Å². The second-order valence-corrected chi connectivity index (χ2v) is 14.8. The van der Waals surface area contributed by atoms with Crippen molar-refractivity contribution in [2.45, 2.75) is 44.8 Å². The van der Waals surface area contributed by atoms with E-state index >= 15 is 0 Å². The standard InChI is InChI=1S/C33H36Cl2F2N2O9S/c1-38(2)11-12-49(42,43)48-28-10-8-23(14-31(28)45-19-21-5-6-21)32(40)46-29(15-24-25(34)16-39(41)17-26(24)35)22-7-9-27(47-33(36)37)30(13-22)44-18-20-3-4-20/h7-10,13-14,16-17,20-21,29,33H,3-6,11-12,15,18-19H2,1-2H3. The highest BCUT2D eigenvalue weighted by molar-refractivity contribution is 7.87. The van der Waals surface area contributed by atoms with E-state index in [0.717, 1.165) is 38.1 Å². The third-order valence-electron chi connectivity index (χ3n) is 7.78. The van der Waals surface area contributed by atoms with Crippen LogP contribution in [0.5, 0.6) is 23.0 Å². The van der Waals surface area contributed by atoms with E-state index in [9.17, 15) is 27.2 Å². The Labute approximate surface area is 293 Å². The van der Waals surface area contributed by atoms with E-state index in [1.165, 1.54) is 36.4 Å². The van der Waals surface area contributed by atoms with Crippen LogP contribution in [0.3, 0.4) is 0 Å². The molecule has 3 aromatic rings. The molecule has 2 aliphatic carbocycles. The monoisotopic (exact) mass is 744 g/mol. The molecular formula is C33H36Cl2F2N2O9S. The van der Waals surface area contributed by atoms with Crippen molar-refractivity contribution in [2.24, 2.45) is 11.8 Å². The summed E-state index contributed by atoms with van der Waals surface area (Å²) in [6, 6.07) is 8.17. The molecule has 0 spiro atoms. The van der Waals surface area contributed by atoms with Crippen LogP contribution in [0.15, 0.2) is 48.8 Å². The minimum atomic E-state index is -3.99. The van der Waals surface area contributed by atoms with Crippen LogP contribution in [-0.4, -0.2) is 65.5 Å². The lowest BCUT2D eigenvalue weighted by molar-refractivity contribution is -0.605. The van der Waals surface area contributed by atoms with Crippen molar-refractivity contribution in [3.63, 3.8) is 0 Å². The van der Waals surface area contributed by atoms with Gasteiger partial charge in [-0.15, -0.1) is 0 Å². The van der Waals surface area contributed by atoms with Crippen molar-refractivity contribution < 1.29 is 49.9 Å². The second-order valence-electron chi connectivity index (χ2n) is 12.3. The Balaban J connectivity index is 1.46. The van der Waals surface area contributed by atoms with Gasteiger partial charge in [-0.05, 0) is 87.5 Å². The average Bonchev–Trinajstić information content (AvgIpc) is 3.96. The van der Waals surface area contributed by atoms with Crippen LogP contribution < -0.4 is 23.1 Å². The van der Waals surface area contributed by atoms with E-state index in [0.29, 0.717) is 34.3 Å². The largest absolute Gasteiger partial charge is 0.619 e. The number of pyridine rings is 1. The average molecular weight is 746 g/mol. The molecule has 2 saturated carbocycles. The summed E-state index contributed by atoms with van der Waals surface area (Å²) in [6.45, 7) is -2.28. The van der Waals surface area contributed by atoms with Crippen LogP contribution in [0.4, 0.5) is 8.78 Å². The first kappa shape index (κ1) is 36.7. The van der Waals surface area contributed by atoms with Gasteiger partial charge < -0.3 is 33.2 Å². The molecule has 0 radical (unpaired) electrons. The van der Waals surface area contributed by atoms with E-state index in [4.69, 9.17) is 41.6 Å². The fourth-order valence-electron chi connectivity index (χ4n) is 4.64. The normalized spacial score (nSPS) is 15.3. The molecule has 1 atom stereocenters. The fourth-order valence-corrected chi connectivity index (χ4v) is 6.32.